The van der Waals surface area contributed by atoms with Crippen molar-refractivity contribution in [3.8, 4) is 5.75 Å². The second kappa shape index (κ2) is 7.39. The number of likely N-dealkylation sites (tertiary alicyclic amines) is 1. The van der Waals surface area contributed by atoms with Crippen LogP contribution in [-0.4, -0.2) is 38.2 Å². The van der Waals surface area contributed by atoms with Gasteiger partial charge in [0.2, 0.25) is 0 Å². The molecule has 0 saturated carbocycles. The Morgan fingerprint density at radius 3 is 2.57 bits per heavy atom. The Labute approximate surface area is 172 Å². The van der Waals surface area contributed by atoms with E-state index in [0.29, 0.717) is 47.4 Å². The van der Waals surface area contributed by atoms with Gasteiger partial charge in [-0.25, -0.2) is 0 Å². The Morgan fingerprint density at radius 1 is 1.11 bits per heavy atom. The molecule has 0 spiro atoms. The summed E-state index contributed by atoms with van der Waals surface area (Å²) in [4.78, 5) is 14.6. The van der Waals surface area contributed by atoms with Gasteiger partial charge < -0.3 is 9.64 Å². The number of rotatable bonds is 2. The molecule has 1 fully saturated rings. The molecule has 2 aliphatic rings. The summed E-state index contributed by atoms with van der Waals surface area (Å²) in [6.07, 6.45) is 1.05. The third-order valence-corrected chi connectivity index (χ3v) is 6.72. The number of sulfonamides is 1. The number of ether oxygens (including phenoxy) is 1. The Kier molecular flexibility index (Phi) is 5.07. The normalized spacial score (nSPS) is 18.5. The molecule has 2 heterocycles. The molecule has 0 unspecified atom stereocenters. The summed E-state index contributed by atoms with van der Waals surface area (Å²) < 4.78 is 33.8. The van der Waals surface area contributed by atoms with Crippen molar-refractivity contribution in [3.63, 3.8) is 0 Å². The molecule has 9 heteroatoms. The van der Waals surface area contributed by atoms with Gasteiger partial charge >= 0.3 is 5.97 Å². The zero-order valence-electron chi connectivity index (χ0n) is 14.6. The molecule has 2 aromatic rings. The van der Waals surface area contributed by atoms with Crippen molar-refractivity contribution in [1.29, 1.82) is 0 Å². The van der Waals surface area contributed by atoms with E-state index in [4.69, 9.17) is 27.9 Å². The van der Waals surface area contributed by atoms with Crippen molar-refractivity contribution in [2.24, 2.45) is 10.3 Å². The van der Waals surface area contributed by atoms with Gasteiger partial charge in [-0.2, -0.15) is 8.42 Å². The van der Waals surface area contributed by atoms with Crippen LogP contribution in [0.5, 0.6) is 5.75 Å². The van der Waals surface area contributed by atoms with Crippen LogP contribution < -0.4 is 4.74 Å². The Bertz CT molecular complexity index is 1080. The van der Waals surface area contributed by atoms with E-state index in [-0.39, 0.29) is 22.5 Å². The quantitative estimate of drug-likeness (QED) is 0.526. The minimum Gasteiger partial charge on any atom is -0.425 e. The van der Waals surface area contributed by atoms with Gasteiger partial charge in [-0.05, 0) is 37.1 Å². The van der Waals surface area contributed by atoms with Crippen LogP contribution in [0, 0.1) is 5.92 Å². The molecule has 146 valence electrons. The highest BCUT2D eigenvalue weighted by atomic mass is 35.5. The highest BCUT2D eigenvalue weighted by molar-refractivity contribution is 7.90. The summed E-state index contributed by atoms with van der Waals surface area (Å²) in [6, 6.07) is 11.5. The SMILES string of the molecule is O=C(Oc1cc(Cl)ccc1Cl)C1CCN(C2=NS(=O)(=O)c3ccccc32)CC1. The minimum atomic E-state index is -3.66. The molecule has 0 atom stereocenters. The molecule has 6 nitrogen and oxygen atoms in total. The van der Waals surface area contributed by atoms with E-state index in [2.05, 4.69) is 4.40 Å². The molecule has 0 bridgehead atoms. The molecule has 0 amide bonds. The monoisotopic (exact) mass is 438 g/mol. The smallest absolute Gasteiger partial charge is 0.314 e. The summed E-state index contributed by atoms with van der Waals surface area (Å²) in [7, 11) is -3.66. The number of hydrogen-bond acceptors (Lipinski definition) is 5. The van der Waals surface area contributed by atoms with E-state index in [1.807, 2.05) is 4.90 Å². The number of fused-ring (bicyclic) bond motifs is 1. The number of esters is 1. The largest absolute Gasteiger partial charge is 0.425 e. The third kappa shape index (κ3) is 3.62. The predicted molar refractivity (Wildman–Crippen MR) is 107 cm³/mol. The molecule has 0 aliphatic carbocycles. The van der Waals surface area contributed by atoms with E-state index in [9.17, 15) is 13.2 Å². The first-order chi connectivity index (χ1) is 13.3. The fourth-order valence-electron chi connectivity index (χ4n) is 3.39. The van der Waals surface area contributed by atoms with Crippen molar-refractivity contribution in [2.75, 3.05) is 13.1 Å². The molecule has 2 aliphatic heterocycles. The zero-order valence-corrected chi connectivity index (χ0v) is 17.0. The first-order valence-corrected chi connectivity index (χ1v) is 10.9. The molecule has 4 rings (SSSR count). The Hall–Kier alpha value is -2.09. The van der Waals surface area contributed by atoms with Crippen molar-refractivity contribution in [2.45, 2.75) is 17.7 Å². The highest BCUT2D eigenvalue weighted by Gasteiger charge is 2.35. The molecule has 2 aromatic carbocycles. The van der Waals surface area contributed by atoms with Crippen molar-refractivity contribution in [3.05, 3.63) is 58.1 Å². The zero-order chi connectivity index (χ0) is 19.9. The van der Waals surface area contributed by atoms with Crippen LogP contribution >= 0.6 is 23.2 Å². The fraction of sp³-hybridized carbons (Fsp3) is 0.263. The number of carbonyl (C=O) groups excluding carboxylic acids is 1. The van der Waals surface area contributed by atoms with E-state index in [0.717, 1.165) is 0 Å². The molecule has 0 aromatic heterocycles. The van der Waals surface area contributed by atoms with E-state index < -0.39 is 10.0 Å². The minimum absolute atomic E-state index is 0.224. The van der Waals surface area contributed by atoms with Crippen molar-refractivity contribution >= 4 is 45.0 Å². The number of halogens is 2. The molecule has 28 heavy (non-hydrogen) atoms. The number of carbonyl (C=O) groups is 1. The predicted octanol–water partition coefficient (Wildman–Crippen LogP) is 3.76. The van der Waals surface area contributed by atoms with Gasteiger partial charge in [0.15, 0.2) is 11.6 Å². The van der Waals surface area contributed by atoms with Gasteiger partial charge in [0.1, 0.15) is 4.90 Å². The van der Waals surface area contributed by atoms with Gasteiger partial charge in [-0.15, -0.1) is 4.40 Å². The van der Waals surface area contributed by atoms with Crippen LogP contribution in [0.15, 0.2) is 51.8 Å². The number of benzene rings is 2. The maximum Gasteiger partial charge on any atom is 0.314 e. The topological polar surface area (TPSA) is 76.0 Å². The van der Waals surface area contributed by atoms with Gasteiger partial charge in [0.25, 0.3) is 10.0 Å². The summed E-state index contributed by atoms with van der Waals surface area (Å²) in [5.41, 5.74) is 0.606. The second-order valence-corrected chi connectivity index (χ2v) is 9.06. The van der Waals surface area contributed by atoms with Crippen molar-refractivity contribution < 1.29 is 17.9 Å². The molecule has 1 saturated heterocycles. The van der Waals surface area contributed by atoms with Crippen LogP contribution in [0.1, 0.15) is 18.4 Å². The molecule has 0 N–H and O–H groups in total. The number of hydrogen-bond donors (Lipinski definition) is 0. The number of amidine groups is 1. The number of nitrogens with zero attached hydrogens (tertiary/aromatic N) is 2. The number of piperidine rings is 1. The van der Waals surface area contributed by atoms with E-state index in [1.165, 1.54) is 6.07 Å². The first-order valence-electron chi connectivity index (χ1n) is 8.71. The Morgan fingerprint density at radius 2 is 1.82 bits per heavy atom. The van der Waals surface area contributed by atoms with E-state index >= 15 is 0 Å². The maximum absolute atomic E-state index is 12.5. The van der Waals surface area contributed by atoms with Gasteiger partial charge in [-0.1, -0.05) is 35.3 Å². The third-order valence-electron chi connectivity index (χ3n) is 4.84. The van der Waals surface area contributed by atoms with Crippen LogP contribution in [0.25, 0.3) is 0 Å². The van der Waals surface area contributed by atoms with Gasteiger partial charge in [-0.3, -0.25) is 4.79 Å². The summed E-state index contributed by atoms with van der Waals surface area (Å²) in [5, 5.41) is 0.749. The lowest BCUT2D eigenvalue weighted by atomic mass is 9.96. The van der Waals surface area contributed by atoms with Crippen molar-refractivity contribution in [1.82, 2.24) is 4.90 Å². The van der Waals surface area contributed by atoms with Crippen LogP contribution in [0.4, 0.5) is 0 Å². The van der Waals surface area contributed by atoms with Crippen LogP contribution in [-0.2, 0) is 14.8 Å². The van der Waals surface area contributed by atoms with Crippen LogP contribution in [0.3, 0.4) is 0 Å². The lowest BCUT2D eigenvalue weighted by Gasteiger charge is -2.32. The standard InChI is InChI=1S/C19H16Cl2N2O4S/c20-13-5-6-15(21)16(11-13)27-19(24)12-7-9-23(10-8-12)18-14-3-1-2-4-17(14)28(25,26)22-18/h1-6,11-12H,7-10H2. The average Bonchev–Trinajstić information content (AvgIpc) is 2.96. The lowest BCUT2D eigenvalue weighted by molar-refractivity contribution is -0.140. The highest BCUT2D eigenvalue weighted by Crippen LogP contribution is 2.32. The maximum atomic E-state index is 12.5. The van der Waals surface area contributed by atoms with Gasteiger partial charge in [0, 0.05) is 29.7 Å². The summed E-state index contributed by atoms with van der Waals surface area (Å²) >= 11 is 12.0. The molecule has 0 radical (unpaired) electrons. The van der Waals surface area contributed by atoms with E-state index in [1.54, 1.807) is 36.4 Å². The fourth-order valence-corrected chi connectivity index (χ4v) is 4.94. The summed E-state index contributed by atoms with van der Waals surface area (Å²) in [5.74, 6) is 0.00689. The average molecular weight is 439 g/mol. The Balaban J connectivity index is 1.44. The summed E-state index contributed by atoms with van der Waals surface area (Å²) in [6.45, 7) is 1.01. The first kappa shape index (κ1) is 19.2. The lowest BCUT2D eigenvalue weighted by Crippen LogP contribution is -2.41. The molecular weight excluding hydrogens is 423 g/mol. The van der Waals surface area contributed by atoms with Crippen LogP contribution in [0.2, 0.25) is 10.0 Å². The second-order valence-electron chi connectivity index (χ2n) is 6.64. The van der Waals surface area contributed by atoms with Gasteiger partial charge in [0.05, 0.1) is 10.9 Å². The molecular formula is C19H16Cl2N2O4S.